The van der Waals surface area contributed by atoms with Crippen molar-refractivity contribution in [2.75, 3.05) is 19.0 Å². The quantitative estimate of drug-likeness (QED) is 0.814. The van der Waals surface area contributed by atoms with Gasteiger partial charge in [-0.25, -0.2) is 14.8 Å². The summed E-state index contributed by atoms with van der Waals surface area (Å²) in [6.07, 6.45) is 5.56. The van der Waals surface area contributed by atoms with Crippen LogP contribution < -0.4 is 5.32 Å². The molecular formula is C20H24N4O3. The SMILES string of the molecule is CCC1CCCCN1C(=O)c1cc(Nc2cccc(C(=O)OC)c2)ncn1. The van der Waals surface area contributed by atoms with Crippen LogP contribution in [0.2, 0.25) is 0 Å². The molecule has 27 heavy (non-hydrogen) atoms. The zero-order chi connectivity index (χ0) is 19.2. The summed E-state index contributed by atoms with van der Waals surface area (Å²) in [6, 6.07) is 8.83. The monoisotopic (exact) mass is 368 g/mol. The number of carbonyl (C=O) groups is 2. The molecule has 1 atom stereocenters. The minimum atomic E-state index is -0.409. The molecule has 3 rings (SSSR count). The highest BCUT2D eigenvalue weighted by atomic mass is 16.5. The zero-order valence-corrected chi connectivity index (χ0v) is 15.6. The van der Waals surface area contributed by atoms with Gasteiger partial charge in [-0.3, -0.25) is 4.79 Å². The highest BCUT2D eigenvalue weighted by Crippen LogP contribution is 2.22. The number of piperidine rings is 1. The van der Waals surface area contributed by atoms with Crippen molar-refractivity contribution in [1.29, 1.82) is 0 Å². The Hall–Kier alpha value is -2.96. The van der Waals surface area contributed by atoms with Crippen molar-refractivity contribution < 1.29 is 14.3 Å². The van der Waals surface area contributed by atoms with E-state index in [1.807, 2.05) is 11.0 Å². The second-order valence-corrected chi connectivity index (χ2v) is 6.54. The Morgan fingerprint density at radius 1 is 1.26 bits per heavy atom. The average Bonchev–Trinajstić information content (AvgIpc) is 2.73. The number of esters is 1. The molecule has 142 valence electrons. The van der Waals surface area contributed by atoms with E-state index in [-0.39, 0.29) is 11.9 Å². The van der Waals surface area contributed by atoms with Gasteiger partial charge in [-0.2, -0.15) is 0 Å². The number of ether oxygens (including phenoxy) is 1. The van der Waals surface area contributed by atoms with Crippen molar-refractivity contribution in [3.05, 3.63) is 47.9 Å². The van der Waals surface area contributed by atoms with Crippen molar-refractivity contribution in [1.82, 2.24) is 14.9 Å². The normalized spacial score (nSPS) is 16.7. The molecule has 7 nitrogen and oxygen atoms in total. The molecule has 1 aliphatic rings. The molecule has 1 amide bonds. The Balaban J connectivity index is 1.77. The summed E-state index contributed by atoms with van der Waals surface area (Å²) in [5.41, 5.74) is 1.49. The van der Waals surface area contributed by atoms with Gasteiger partial charge in [-0.15, -0.1) is 0 Å². The Morgan fingerprint density at radius 2 is 2.11 bits per heavy atom. The molecule has 2 heterocycles. The lowest BCUT2D eigenvalue weighted by molar-refractivity contribution is 0.0593. The molecule has 1 saturated heterocycles. The smallest absolute Gasteiger partial charge is 0.337 e. The van der Waals surface area contributed by atoms with Crippen molar-refractivity contribution >= 4 is 23.4 Å². The van der Waals surface area contributed by atoms with Crippen LogP contribution in [-0.4, -0.2) is 46.4 Å². The van der Waals surface area contributed by atoms with Crippen molar-refractivity contribution in [2.24, 2.45) is 0 Å². The standard InChI is InChI=1S/C20H24N4O3/c1-3-16-9-4-5-10-24(16)19(25)17-12-18(22-13-21-17)23-15-8-6-7-14(11-15)20(26)27-2/h6-8,11-13,16H,3-5,9-10H2,1-2H3,(H,21,22,23). The number of carbonyl (C=O) groups excluding carboxylic acids is 2. The predicted molar refractivity (Wildman–Crippen MR) is 102 cm³/mol. The van der Waals surface area contributed by atoms with E-state index in [1.54, 1.807) is 24.3 Å². The van der Waals surface area contributed by atoms with E-state index in [1.165, 1.54) is 13.4 Å². The Bertz CT molecular complexity index is 824. The Morgan fingerprint density at radius 3 is 2.89 bits per heavy atom. The summed E-state index contributed by atoms with van der Waals surface area (Å²) >= 11 is 0. The first-order chi connectivity index (χ1) is 13.1. The van der Waals surface area contributed by atoms with Crippen LogP contribution in [0.15, 0.2) is 36.7 Å². The zero-order valence-electron chi connectivity index (χ0n) is 15.6. The average molecular weight is 368 g/mol. The number of anilines is 2. The van der Waals surface area contributed by atoms with Gasteiger partial charge in [0.15, 0.2) is 0 Å². The van der Waals surface area contributed by atoms with E-state index >= 15 is 0 Å². The van der Waals surface area contributed by atoms with Crippen molar-refractivity contribution in [2.45, 2.75) is 38.6 Å². The van der Waals surface area contributed by atoms with Gasteiger partial charge in [0.1, 0.15) is 17.8 Å². The van der Waals surface area contributed by atoms with Gasteiger partial charge in [0, 0.05) is 24.3 Å². The van der Waals surface area contributed by atoms with E-state index in [9.17, 15) is 9.59 Å². The summed E-state index contributed by atoms with van der Waals surface area (Å²) in [6.45, 7) is 2.88. The van der Waals surface area contributed by atoms with Crippen LogP contribution in [-0.2, 0) is 4.74 Å². The number of methoxy groups -OCH3 is 1. The van der Waals surface area contributed by atoms with E-state index < -0.39 is 5.97 Å². The van der Waals surface area contributed by atoms with E-state index in [0.717, 1.165) is 32.2 Å². The molecule has 1 aromatic heterocycles. The van der Waals surface area contributed by atoms with Crippen molar-refractivity contribution in [3.63, 3.8) is 0 Å². The van der Waals surface area contributed by atoms with Crippen LogP contribution in [0.25, 0.3) is 0 Å². The second kappa shape index (κ2) is 8.62. The maximum absolute atomic E-state index is 12.9. The van der Waals surface area contributed by atoms with Crippen molar-refractivity contribution in [3.8, 4) is 0 Å². The van der Waals surface area contributed by atoms with Gasteiger partial charge in [-0.1, -0.05) is 13.0 Å². The number of amides is 1. The van der Waals surface area contributed by atoms with Crippen LogP contribution in [0, 0.1) is 0 Å². The third kappa shape index (κ3) is 4.42. The second-order valence-electron chi connectivity index (χ2n) is 6.54. The summed E-state index contributed by atoms with van der Waals surface area (Å²) in [5, 5.41) is 3.12. The molecule has 1 unspecified atom stereocenters. The number of benzene rings is 1. The molecule has 2 aromatic rings. The minimum absolute atomic E-state index is 0.0599. The molecular weight excluding hydrogens is 344 g/mol. The van der Waals surface area contributed by atoms with Crippen LogP contribution in [0.3, 0.4) is 0 Å². The van der Waals surface area contributed by atoms with Gasteiger partial charge in [0.25, 0.3) is 5.91 Å². The maximum Gasteiger partial charge on any atom is 0.337 e. The van der Waals surface area contributed by atoms with Crippen LogP contribution in [0.1, 0.15) is 53.5 Å². The number of hydrogen-bond acceptors (Lipinski definition) is 6. The summed E-state index contributed by atoms with van der Waals surface area (Å²) < 4.78 is 4.74. The molecule has 0 aliphatic carbocycles. The lowest BCUT2D eigenvalue weighted by atomic mass is 9.99. The number of nitrogens with one attached hydrogen (secondary N) is 1. The molecule has 0 bridgehead atoms. The van der Waals surface area contributed by atoms with Crippen LogP contribution in [0.4, 0.5) is 11.5 Å². The maximum atomic E-state index is 12.9. The van der Waals surface area contributed by atoms with E-state index in [0.29, 0.717) is 22.8 Å². The fourth-order valence-electron chi connectivity index (χ4n) is 3.37. The first kappa shape index (κ1) is 18.8. The van der Waals surface area contributed by atoms with Crippen LogP contribution >= 0.6 is 0 Å². The molecule has 1 N–H and O–H groups in total. The Labute approximate surface area is 158 Å². The lowest BCUT2D eigenvalue weighted by Gasteiger charge is -2.35. The summed E-state index contributed by atoms with van der Waals surface area (Å²) in [7, 11) is 1.34. The van der Waals surface area contributed by atoms with Gasteiger partial charge in [-0.05, 0) is 43.9 Å². The molecule has 0 saturated carbocycles. The number of nitrogens with zero attached hydrogens (tertiary/aromatic N) is 3. The van der Waals surface area contributed by atoms with Gasteiger partial charge >= 0.3 is 5.97 Å². The summed E-state index contributed by atoms with van der Waals surface area (Å²) in [5.74, 6) is 0.0312. The Kier molecular flexibility index (Phi) is 6.01. The fraction of sp³-hybridized carbons (Fsp3) is 0.400. The largest absolute Gasteiger partial charge is 0.465 e. The predicted octanol–water partition coefficient (Wildman–Crippen LogP) is 3.41. The molecule has 1 aliphatic heterocycles. The highest BCUT2D eigenvalue weighted by Gasteiger charge is 2.27. The lowest BCUT2D eigenvalue weighted by Crippen LogP contribution is -2.43. The summed E-state index contributed by atoms with van der Waals surface area (Å²) in [4.78, 5) is 34.9. The number of likely N-dealkylation sites (tertiary alicyclic amines) is 1. The molecule has 7 heteroatoms. The third-order valence-electron chi connectivity index (χ3n) is 4.80. The molecule has 1 aromatic carbocycles. The molecule has 1 fully saturated rings. The number of hydrogen-bond donors (Lipinski definition) is 1. The first-order valence-electron chi connectivity index (χ1n) is 9.20. The highest BCUT2D eigenvalue weighted by molar-refractivity contribution is 5.93. The fourth-order valence-corrected chi connectivity index (χ4v) is 3.37. The minimum Gasteiger partial charge on any atom is -0.465 e. The van der Waals surface area contributed by atoms with Gasteiger partial charge in [0.05, 0.1) is 12.7 Å². The van der Waals surface area contributed by atoms with Crippen LogP contribution in [0.5, 0.6) is 0 Å². The first-order valence-corrected chi connectivity index (χ1v) is 9.20. The van der Waals surface area contributed by atoms with Gasteiger partial charge < -0.3 is 15.0 Å². The van der Waals surface area contributed by atoms with Gasteiger partial charge in [0.2, 0.25) is 0 Å². The van der Waals surface area contributed by atoms with E-state index in [4.69, 9.17) is 4.74 Å². The number of rotatable bonds is 5. The third-order valence-corrected chi connectivity index (χ3v) is 4.80. The number of aromatic nitrogens is 2. The molecule has 0 spiro atoms. The topological polar surface area (TPSA) is 84.4 Å². The van der Waals surface area contributed by atoms with E-state index in [2.05, 4.69) is 22.2 Å². The molecule has 0 radical (unpaired) electrons.